The fourth-order valence-corrected chi connectivity index (χ4v) is 5.00. The lowest BCUT2D eigenvalue weighted by Gasteiger charge is -2.24. The van der Waals surface area contributed by atoms with Crippen molar-refractivity contribution in [3.63, 3.8) is 0 Å². The summed E-state index contributed by atoms with van der Waals surface area (Å²) in [6, 6.07) is 6.99. The van der Waals surface area contributed by atoms with E-state index >= 15 is 0 Å². The number of benzene rings is 2. The van der Waals surface area contributed by atoms with Crippen molar-refractivity contribution in [1.82, 2.24) is 10.2 Å². The molecule has 2 aromatic carbocycles. The molecular formula is C25H29ClF3N3O5S. The molecule has 13 heteroatoms. The first-order chi connectivity index (χ1) is 17.6. The van der Waals surface area contributed by atoms with Gasteiger partial charge in [-0.1, -0.05) is 19.1 Å². The molecule has 0 bridgehead atoms. The molecule has 8 nitrogen and oxygen atoms in total. The number of nitrogens with one attached hydrogen (secondary N) is 1. The molecule has 1 saturated heterocycles. The summed E-state index contributed by atoms with van der Waals surface area (Å²) in [7, 11) is 0. The molecule has 2 amide bonds. The molecule has 1 aliphatic heterocycles. The highest BCUT2D eigenvalue weighted by Gasteiger charge is 2.35. The lowest BCUT2D eigenvalue weighted by molar-refractivity contribution is -0.145. The van der Waals surface area contributed by atoms with Gasteiger partial charge in [-0.3, -0.25) is 9.59 Å². The van der Waals surface area contributed by atoms with Crippen LogP contribution in [0.15, 0.2) is 36.4 Å². The molecule has 0 radical (unpaired) electrons. The van der Waals surface area contributed by atoms with Crippen LogP contribution >= 0.6 is 24.2 Å². The van der Waals surface area contributed by atoms with Crippen LogP contribution in [-0.2, 0) is 27.3 Å². The van der Waals surface area contributed by atoms with Crippen LogP contribution in [0.25, 0.3) is 0 Å². The average molecular weight is 576 g/mol. The maximum absolute atomic E-state index is 13.9. The number of nitrogens with zero attached hydrogens (tertiary/aromatic N) is 1. The van der Waals surface area contributed by atoms with E-state index in [1.54, 1.807) is 31.2 Å². The van der Waals surface area contributed by atoms with Crippen molar-refractivity contribution < 1.29 is 37.4 Å². The Kier molecular flexibility index (Phi) is 11.7. The number of carboxylic acids is 1. The zero-order valence-electron chi connectivity index (χ0n) is 20.5. The first-order valence-corrected chi connectivity index (χ1v) is 12.7. The Labute approximate surface area is 228 Å². The van der Waals surface area contributed by atoms with Gasteiger partial charge in [0.25, 0.3) is 5.91 Å². The number of rotatable bonds is 11. The third kappa shape index (κ3) is 8.27. The molecule has 0 spiro atoms. The molecule has 2 unspecified atom stereocenters. The Bertz CT molecular complexity index is 1160. The van der Waals surface area contributed by atoms with Gasteiger partial charge >= 0.3 is 5.97 Å². The molecule has 208 valence electrons. The fourth-order valence-electron chi connectivity index (χ4n) is 3.84. The van der Waals surface area contributed by atoms with Gasteiger partial charge in [0.2, 0.25) is 5.91 Å². The average Bonchev–Trinajstić information content (AvgIpc) is 3.35. The third-order valence-corrected chi connectivity index (χ3v) is 6.94. The summed E-state index contributed by atoms with van der Waals surface area (Å²) in [6.07, 6.45) is -1.07. The van der Waals surface area contributed by atoms with Gasteiger partial charge in [0.1, 0.15) is 11.6 Å². The number of halogens is 4. The minimum absolute atomic E-state index is 0. The van der Waals surface area contributed by atoms with E-state index in [-0.39, 0.29) is 43.3 Å². The second kappa shape index (κ2) is 14.3. The second-order valence-corrected chi connectivity index (χ2v) is 9.74. The first kappa shape index (κ1) is 31.3. The summed E-state index contributed by atoms with van der Waals surface area (Å²) in [4.78, 5) is 38.2. The monoisotopic (exact) mass is 575 g/mol. The minimum atomic E-state index is -1.31. The van der Waals surface area contributed by atoms with Gasteiger partial charge in [-0.15, -0.1) is 24.2 Å². The third-order valence-electron chi connectivity index (χ3n) is 5.73. The summed E-state index contributed by atoms with van der Waals surface area (Å²) in [6.45, 7) is 2.15. The van der Waals surface area contributed by atoms with Crippen molar-refractivity contribution in [3.8, 4) is 5.75 Å². The smallest absolute Gasteiger partial charge is 0.344 e. The Morgan fingerprint density at radius 3 is 2.58 bits per heavy atom. The maximum Gasteiger partial charge on any atom is 0.344 e. The molecule has 1 heterocycles. The molecule has 1 fully saturated rings. The van der Waals surface area contributed by atoms with Crippen LogP contribution in [0.5, 0.6) is 5.75 Å². The largest absolute Gasteiger partial charge is 0.479 e. The number of hydrogen-bond acceptors (Lipinski definition) is 6. The lowest BCUT2D eigenvalue weighted by atomic mass is 10.0. The molecule has 0 aliphatic carbocycles. The first-order valence-electron chi connectivity index (χ1n) is 11.6. The van der Waals surface area contributed by atoms with Crippen LogP contribution in [0, 0.1) is 17.5 Å². The van der Waals surface area contributed by atoms with Gasteiger partial charge in [0.05, 0.1) is 0 Å². The Morgan fingerprint density at radius 2 is 1.89 bits per heavy atom. The van der Waals surface area contributed by atoms with Crippen molar-refractivity contribution in [1.29, 1.82) is 0 Å². The summed E-state index contributed by atoms with van der Waals surface area (Å²) in [5.41, 5.74) is 6.53. The predicted molar refractivity (Wildman–Crippen MR) is 138 cm³/mol. The molecule has 0 saturated carbocycles. The quantitative estimate of drug-likeness (QED) is 0.352. The van der Waals surface area contributed by atoms with E-state index in [2.05, 4.69) is 5.32 Å². The highest BCUT2D eigenvalue weighted by Crippen LogP contribution is 2.26. The Hall–Kier alpha value is -2.96. The van der Waals surface area contributed by atoms with Crippen molar-refractivity contribution in [3.05, 3.63) is 65.0 Å². The number of amides is 2. The minimum Gasteiger partial charge on any atom is -0.479 e. The second-order valence-electron chi connectivity index (χ2n) is 8.55. The summed E-state index contributed by atoms with van der Waals surface area (Å²) < 4.78 is 46.0. The molecule has 1 aliphatic rings. The normalized spacial score (nSPS) is 16.3. The van der Waals surface area contributed by atoms with Gasteiger partial charge < -0.3 is 25.8 Å². The standard InChI is InChI=1S/C25H28F3N3O5S.ClH/c1-2-21(25(34)35)36-17-5-3-4-14(8-17)13-30-23(33)24-31(6-7-37-24)22(32)11-16(29)9-15-10-19(27)20(28)12-18(15)26;/h3-5,8,10,12,16,21,24H,2,6-7,9,11,13,29H2,1H3,(H,30,33)(H,34,35);1H/t16-,21?,24?;/m1./s1. The molecule has 4 N–H and O–H groups in total. The Morgan fingerprint density at radius 1 is 1.18 bits per heavy atom. The number of aliphatic carboxylic acids is 1. The van der Waals surface area contributed by atoms with E-state index in [1.165, 1.54) is 16.7 Å². The molecular weight excluding hydrogens is 547 g/mol. The van der Waals surface area contributed by atoms with Crippen LogP contribution in [-0.4, -0.2) is 57.6 Å². The molecule has 38 heavy (non-hydrogen) atoms. The van der Waals surface area contributed by atoms with Crippen molar-refractivity contribution in [2.75, 3.05) is 12.3 Å². The van der Waals surface area contributed by atoms with Crippen LogP contribution < -0.4 is 15.8 Å². The van der Waals surface area contributed by atoms with E-state index in [9.17, 15) is 27.6 Å². The van der Waals surface area contributed by atoms with Crippen LogP contribution in [0.1, 0.15) is 30.9 Å². The number of nitrogens with two attached hydrogens (primary N) is 1. The molecule has 2 aromatic rings. The van der Waals surface area contributed by atoms with Gasteiger partial charge in [-0.05, 0) is 42.2 Å². The SMILES string of the molecule is CCC(Oc1cccc(CNC(=O)C2SCCN2C(=O)C[C@H](N)Cc2cc(F)c(F)cc2F)c1)C(=O)O.Cl. The van der Waals surface area contributed by atoms with Gasteiger partial charge in [-0.25, -0.2) is 18.0 Å². The van der Waals surface area contributed by atoms with Crippen LogP contribution in [0.2, 0.25) is 0 Å². The number of thioether (sulfide) groups is 1. The molecule has 0 aromatic heterocycles. The molecule has 3 atom stereocenters. The zero-order chi connectivity index (χ0) is 27.1. The maximum atomic E-state index is 13.9. The number of ether oxygens (including phenoxy) is 1. The van der Waals surface area contributed by atoms with E-state index < -0.39 is 46.8 Å². The van der Waals surface area contributed by atoms with Crippen molar-refractivity contribution >= 4 is 42.0 Å². The number of hydrogen-bond donors (Lipinski definition) is 3. The summed E-state index contributed by atoms with van der Waals surface area (Å²) in [5.74, 6) is -4.43. The van der Waals surface area contributed by atoms with Gasteiger partial charge in [0.15, 0.2) is 23.1 Å². The summed E-state index contributed by atoms with van der Waals surface area (Å²) >= 11 is 1.29. The van der Waals surface area contributed by atoms with Gasteiger partial charge in [-0.2, -0.15) is 0 Å². The van der Waals surface area contributed by atoms with Crippen molar-refractivity contribution in [2.24, 2.45) is 5.73 Å². The number of carboxylic acid groups (broad SMARTS) is 1. The molecule has 3 rings (SSSR count). The summed E-state index contributed by atoms with van der Waals surface area (Å²) in [5, 5.41) is 11.2. The highest BCUT2D eigenvalue weighted by molar-refractivity contribution is 8.00. The number of carbonyl (C=O) groups excluding carboxylic acids is 2. The van der Waals surface area contributed by atoms with Crippen LogP contribution in [0.4, 0.5) is 13.2 Å². The Balaban J connectivity index is 0.00000507. The van der Waals surface area contributed by atoms with Crippen molar-refractivity contribution in [2.45, 2.75) is 50.3 Å². The van der Waals surface area contributed by atoms with Crippen LogP contribution in [0.3, 0.4) is 0 Å². The van der Waals surface area contributed by atoms with Gasteiger partial charge in [0, 0.05) is 37.4 Å². The van der Waals surface area contributed by atoms with E-state index in [0.29, 0.717) is 36.1 Å². The number of carbonyl (C=O) groups is 3. The fraction of sp³-hybridized carbons (Fsp3) is 0.400. The van der Waals surface area contributed by atoms with E-state index in [0.717, 1.165) is 6.07 Å². The van der Waals surface area contributed by atoms with E-state index in [4.69, 9.17) is 15.6 Å². The highest BCUT2D eigenvalue weighted by atomic mass is 35.5. The topological polar surface area (TPSA) is 122 Å². The zero-order valence-corrected chi connectivity index (χ0v) is 22.1. The predicted octanol–water partition coefficient (Wildman–Crippen LogP) is 3.25. The van der Waals surface area contributed by atoms with E-state index in [1.807, 2.05) is 0 Å². The lowest BCUT2D eigenvalue weighted by Crippen LogP contribution is -2.46.